The molecule has 1 heterocycles. The van der Waals surface area contributed by atoms with Gasteiger partial charge in [0.15, 0.2) is 11.5 Å². The third-order valence-corrected chi connectivity index (χ3v) is 4.48. The van der Waals surface area contributed by atoms with Crippen LogP contribution in [-0.2, 0) is 16.1 Å². The quantitative estimate of drug-likeness (QED) is 0.896. The Kier molecular flexibility index (Phi) is 5.11. The Bertz CT molecular complexity index is 848. The number of aryl methyl sites for hydroxylation is 1. The molecule has 6 heteroatoms. The van der Waals surface area contributed by atoms with Gasteiger partial charge in [0, 0.05) is 19.2 Å². The number of hydrogen-bond donors (Lipinski definition) is 1. The van der Waals surface area contributed by atoms with Crippen LogP contribution in [0.1, 0.15) is 23.6 Å². The van der Waals surface area contributed by atoms with E-state index in [1.54, 1.807) is 0 Å². The van der Waals surface area contributed by atoms with Crippen LogP contribution in [0.2, 0.25) is 0 Å². The number of hydrogen-bond acceptors (Lipinski definition) is 4. The standard InChI is InChI=1S/C20H22N2O4/c1-13-5-4-6-17(14(13)2)22(15(3)23)11-20(24)21-10-16-7-8-18-19(9-16)26-12-25-18/h4-9H,10-12H2,1-3H3,(H,21,24). The van der Waals surface area contributed by atoms with E-state index in [1.165, 1.54) is 11.8 Å². The van der Waals surface area contributed by atoms with Crippen LogP contribution in [0.4, 0.5) is 5.69 Å². The van der Waals surface area contributed by atoms with Crippen molar-refractivity contribution in [1.82, 2.24) is 5.32 Å². The SMILES string of the molecule is CC(=O)N(CC(=O)NCc1ccc2c(c1)OCO2)c1cccc(C)c1C. The average molecular weight is 354 g/mol. The number of carbonyl (C=O) groups excluding carboxylic acids is 2. The van der Waals surface area contributed by atoms with Crippen molar-refractivity contribution in [2.45, 2.75) is 27.3 Å². The fraction of sp³-hybridized carbons (Fsp3) is 0.300. The Labute approximate surface area is 152 Å². The number of nitrogens with one attached hydrogen (secondary N) is 1. The molecule has 3 rings (SSSR count). The fourth-order valence-corrected chi connectivity index (χ4v) is 2.85. The summed E-state index contributed by atoms with van der Waals surface area (Å²) in [6.07, 6.45) is 0. The van der Waals surface area contributed by atoms with Crippen molar-refractivity contribution in [3.8, 4) is 11.5 Å². The molecule has 2 amide bonds. The van der Waals surface area contributed by atoms with E-state index in [0.29, 0.717) is 18.0 Å². The van der Waals surface area contributed by atoms with E-state index in [-0.39, 0.29) is 25.2 Å². The van der Waals surface area contributed by atoms with E-state index in [9.17, 15) is 9.59 Å². The molecule has 1 aliphatic heterocycles. The van der Waals surface area contributed by atoms with Gasteiger partial charge in [0.05, 0.1) is 0 Å². The van der Waals surface area contributed by atoms with Crippen LogP contribution >= 0.6 is 0 Å². The van der Waals surface area contributed by atoms with Gasteiger partial charge in [-0.1, -0.05) is 18.2 Å². The summed E-state index contributed by atoms with van der Waals surface area (Å²) in [6, 6.07) is 11.3. The first-order valence-corrected chi connectivity index (χ1v) is 8.45. The van der Waals surface area contributed by atoms with E-state index < -0.39 is 0 Å². The summed E-state index contributed by atoms with van der Waals surface area (Å²) in [5.41, 5.74) is 3.74. The lowest BCUT2D eigenvalue weighted by Crippen LogP contribution is -2.40. The fourth-order valence-electron chi connectivity index (χ4n) is 2.85. The highest BCUT2D eigenvalue weighted by molar-refractivity contribution is 5.98. The van der Waals surface area contributed by atoms with E-state index >= 15 is 0 Å². The Hall–Kier alpha value is -3.02. The van der Waals surface area contributed by atoms with Crippen LogP contribution < -0.4 is 19.7 Å². The number of benzene rings is 2. The highest BCUT2D eigenvalue weighted by Crippen LogP contribution is 2.32. The minimum absolute atomic E-state index is 0.0236. The van der Waals surface area contributed by atoms with Gasteiger partial charge in [-0.3, -0.25) is 9.59 Å². The number of anilines is 1. The summed E-state index contributed by atoms with van der Waals surface area (Å²) < 4.78 is 10.6. The van der Waals surface area contributed by atoms with Crippen molar-refractivity contribution in [1.29, 1.82) is 0 Å². The zero-order chi connectivity index (χ0) is 18.7. The molecule has 6 nitrogen and oxygen atoms in total. The molecule has 26 heavy (non-hydrogen) atoms. The van der Waals surface area contributed by atoms with Crippen molar-refractivity contribution in [3.05, 3.63) is 53.1 Å². The minimum atomic E-state index is -0.223. The molecule has 0 bridgehead atoms. The molecule has 0 atom stereocenters. The Morgan fingerprint density at radius 1 is 1.12 bits per heavy atom. The first-order chi connectivity index (χ1) is 12.5. The Morgan fingerprint density at radius 2 is 1.88 bits per heavy atom. The second-order valence-corrected chi connectivity index (χ2v) is 6.29. The second-order valence-electron chi connectivity index (χ2n) is 6.29. The number of carbonyl (C=O) groups is 2. The van der Waals surface area contributed by atoms with Crippen molar-refractivity contribution in [3.63, 3.8) is 0 Å². The summed E-state index contributed by atoms with van der Waals surface area (Å²) in [4.78, 5) is 25.9. The lowest BCUT2D eigenvalue weighted by atomic mass is 10.1. The normalized spacial score (nSPS) is 12.0. The Morgan fingerprint density at radius 3 is 2.65 bits per heavy atom. The molecule has 0 saturated heterocycles. The molecule has 0 saturated carbocycles. The average Bonchev–Trinajstić information content (AvgIpc) is 3.08. The third-order valence-electron chi connectivity index (χ3n) is 4.48. The Balaban J connectivity index is 1.65. The summed E-state index contributed by atoms with van der Waals surface area (Å²) in [5, 5.41) is 2.85. The maximum absolute atomic E-state index is 12.4. The molecular formula is C20H22N2O4. The molecule has 0 unspecified atom stereocenters. The van der Waals surface area contributed by atoms with Gasteiger partial charge in [0.2, 0.25) is 18.6 Å². The summed E-state index contributed by atoms with van der Waals surface area (Å²) >= 11 is 0. The van der Waals surface area contributed by atoms with Gasteiger partial charge in [0.25, 0.3) is 0 Å². The maximum Gasteiger partial charge on any atom is 0.240 e. The van der Waals surface area contributed by atoms with Gasteiger partial charge in [-0.05, 0) is 48.7 Å². The molecule has 1 aliphatic rings. The number of ether oxygens (including phenoxy) is 2. The molecule has 0 spiro atoms. The van der Waals surface area contributed by atoms with E-state index in [1.807, 2.05) is 50.2 Å². The molecule has 0 radical (unpaired) electrons. The zero-order valence-electron chi connectivity index (χ0n) is 15.2. The molecule has 136 valence electrons. The van der Waals surface area contributed by atoms with Gasteiger partial charge in [0.1, 0.15) is 6.54 Å². The molecule has 2 aromatic rings. The molecule has 0 aliphatic carbocycles. The van der Waals surface area contributed by atoms with Crippen molar-refractivity contribution in [2.24, 2.45) is 0 Å². The third kappa shape index (κ3) is 3.79. The zero-order valence-corrected chi connectivity index (χ0v) is 15.2. The van der Waals surface area contributed by atoms with E-state index in [2.05, 4.69) is 5.32 Å². The van der Waals surface area contributed by atoms with Crippen molar-refractivity contribution >= 4 is 17.5 Å². The van der Waals surface area contributed by atoms with Crippen molar-refractivity contribution in [2.75, 3.05) is 18.2 Å². The summed E-state index contributed by atoms with van der Waals surface area (Å²) in [5.74, 6) is 0.992. The highest BCUT2D eigenvalue weighted by atomic mass is 16.7. The van der Waals surface area contributed by atoms with Crippen LogP contribution in [0.3, 0.4) is 0 Å². The lowest BCUT2D eigenvalue weighted by molar-refractivity contribution is -0.123. The van der Waals surface area contributed by atoms with Gasteiger partial charge < -0.3 is 19.7 Å². The van der Waals surface area contributed by atoms with Gasteiger partial charge in [-0.25, -0.2) is 0 Å². The monoisotopic (exact) mass is 354 g/mol. The maximum atomic E-state index is 12.4. The molecule has 1 N–H and O–H groups in total. The predicted octanol–water partition coefficient (Wildman–Crippen LogP) is 2.70. The molecule has 0 aromatic heterocycles. The molecule has 2 aromatic carbocycles. The van der Waals surface area contributed by atoms with E-state index in [0.717, 1.165) is 22.4 Å². The number of amides is 2. The summed E-state index contributed by atoms with van der Waals surface area (Å²) in [6.45, 7) is 5.95. The van der Waals surface area contributed by atoms with Crippen LogP contribution in [-0.4, -0.2) is 25.2 Å². The predicted molar refractivity (Wildman–Crippen MR) is 98.4 cm³/mol. The van der Waals surface area contributed by atoms with Gasteiger partial charge >= 0.3 is 0 Å². The van der Waals surface area contributed by atoms with Gasteiger partial charge in [-0.2, -0.15) is 0 Å². The van der Waals surface area contributed by atoms with Crippen LogP contribution in [0.5, 0.6) is 11.5 Å². The number of fused-ring (bicyclic) bond motifs is 1. The topological polar surface area (TPSA) is 67.9 Å². The molecule has 0 fully saturated rings. The van der Waals surface area contributed by atoms with Gasteiger partial charge in [-0.15, -0.1) is 0 Å². The lowest BCUT2D eigenvalue weighted by Gasteiger charge is -2.23. The second kappa shape index (κ2) is 7.47. The number of rotatable bonds is 5. The van der Waals surface area contributed by atoms with Crippen LogP contribution in [0.25, 0.3) is 0 Å². The van der Waals surface area contributed by atoms with Crippen LogP contribution in [0, 0.1) is 13.8 Å². The highest BCUT2D eigenvalue weighted by Gasteiger charge is 2.18. The molecular weight excluding hydrogens is 332 g/mol. The summed E-state index contributed by atoms with van der Waals surface area (Å²) in [7, 11) is 0. The number of nitrogens with zero attached hydrogens (tertiary/aromatic N) is 1. The first-order valence-electron chi connectivity index (χ1n) is 8.45. The minimum Gasteiger partial charge on any atom is -0.454 e. The van der Waals surface area contributed by atoms with Crippen molar-refractivity contribution < 1.29 is 19.1 Å². The van der Waals surface area contributed by atoms with E-state index in [4.69, 9.17) is 9.47 Å². The first kappa shape index (κ1) is 17.8. The smallest absolute Gasteiger partial charge is 0.240 e. The largest absolute Gasteiger partial charge is 0.454 e. The van der Waals surface area contributed by atoms with Crippen LogP contribution in [0.15, 0.2) is 36.4 Å².